The Bertz CT molecular complexity index is 871. The number of nitrogens with zero attached hydrogens (tertiary/aromatic N) is 3. The van der Waals surface area contributed by atoms with E-state index in [1.165, 1.54) is 0 Å². The maximum atomic E-state index is 5.62. The number of anilines is 1. The van der Waals surface area contributed by atoms with Crippen LogP contribution in [-0.2, 0) is 13.6 Å². The first-order valence-electron chi connectivity index (χ1n) is 7.79. The van der Waals surface area contributed by atoms with Crippen LogP contribution >= 0.6 is 11.3 Å². The standard InChI is InChI=1S/C17H18N4O2S/c1-11-16(13-5-6-21(2)20-13)24-17(19-11)18-10-12-3-4-14-15(9-12)23-8-7-22-14/h3-6,9H,7-8,10H2,1-2H3,(H,18,19). The molecule has 4 rings (SSSR count). The van der Waals surface area contributed by atoms with Gasteiger partial charge in [-0.05, 0) is 30.7 Å². The zero-order valence-electron chi connectivity index (χ0n) is 13.6. The van der Waals surface area contributed by atoms with Crippen molar-refractivity contribution < 1.29 is 9.47 Å². The lowest BCUT2D eigenvalue weighted by molar-refractivity contribution is 0.171. The minimum absolute atomic E-state index is 0.600. The number of nitrogens with one attached hydrogen (secondary N) is 1. The van der Waals surface area contributed by atoms with Gasteiger partial charge in [-0.25, -0.2) is 4.98 Å². The summed E-state index contributed by atoms with van der Waals surface area (Å²) in [4.78, 5) is 5.70. The highest BCUT2D eigenvalue weighted by molar-refractivity contribution is 7.19. The molecule has 0 atom stereocenters. The summed E-state index contributed by atoms with van der Waals surface area (Å²) in [6.45, 7) is 3.91. The Hall–Kier alpha value is -2.54. The van der Waals surface area contributed by atoms with Gasteiger partial charge < -0.3 is 14.8 Å². The average Bonchev–Trinajstić information content (AvgIpc) is 3.18. The zero-order valence-corrected chi connectivity index (χ0v) is 14.4. The number of hydrogen-bond donors (Lipinski definition) is 1. The molecule has 3 aromatic rings. The fourth-order valence-electron chi connectivity index (χ4n) is 2.62. The van der Waals surface area contributed by atoms with Crippen molar-refractivity contribution in [2.75, 3.05) is 18.5 Å². The van der Waals surface area contributed by atoms with Gasteiger partial charge in [-0.1, -0.05) is 17.4 Å². The van der Waals surface area contributed by atoms with Crippen LogP contribution in [0.15, 0.2) is 30.5 Å². The molecule has 0 amide bonds. The van der Waals surface area contributed by atoms with Crippen molar-refractivity contribution in [3.63, 3.8) is 0 Å². The molecule has 0 unspecified atom stereocenters. The summed E-state index contributed by atoms with van der Waals surface area (Å²) in [5.74, 6) is 1.62. The lowest BCUT2D eigenvalue weighted by atomic mass is 10.2. The molecule has 124 valence electrons. The second-order valence-corrected chi connectivity index (χ2v) is 6.64. The number of hydrogen-bond acceptors (Lipinski definition) is 6. The van der Waals surface area contributed by atoms with E-state index < -0.39 is 0 Å². The fraction of sp³-hybridized carbons (Fsp3) is 0.294. The van der Waals surface area contributed by atoms with Crippen LogP contribution in [0.4, 0.5) is 5.13 Å². The van der Waals surface area contributed by atoms with Crippen LogP contribution in [-0.4, -0.2) is 28.0 Å². The Balaban J connectivity index is 1.48. The third kappa shape index (κ3) is 2.94. The van der Waals surface area contributed by atoms with E-state index in [1.54, 1.807) is 16.0 Å². The van der Waals surface area contributed by atoms with Gasteiger partial charge in [-0.2, -0.15) is 5.10 Å². The Morgan fingerprint density at radius 1 is 1.21 bits per heavy atom. The molecule has 3 heterocycles. The van der Waals surface area contributed by atoms with Gasteiger partial charge in [0, 0.05) is 19.8 Å². The molecule has 0 saturated carbocycles. The topological polar surface area (TPSA) is 61.2 Å². The molecule has 0 fully saturated rings. The zero-order chi connectivity index (χ0) is 16.5. The fourth-order valence-corrected chi connectivity index (χ4v) is 3.55. The Labute approximate surface area is 144 Å². The summed E-state index contributed by atoms with van der Waals surface area (Å²) >= 11 is 1.62. The smallest absolute Gasteiger partial charge is 0.183 e. The molecule has 24 heavy (non-hydrogen) atoms. The molecule has 0 radical (unpaired) electrons. The quantitative estimate of drug-likeness (QED) is 0.789. The number of aromatic nitrogens is 3. The second-order valence-electron chi connectivity index (χ2n) is 5.64. The number of fused-ring (bicyclic) bond motifs is 1. The van der Waals surface area contributed by atoms with Gasteiger partial charge in [0.25, 0.3) is 0 Å². The van der Waals surface area contributed by atoms with Crippen LogP contribution in [0.5, 0.6) is 11.5 Å². The minimum atomic E-state index is 0.600. The first-order valence-corrected chi connectivity index (χ1v) is 8.60. The SMILES string of the molecule is Cc1nc(NCc2ccc3c(c2)OCCO3)sc1-c1ccn(C)n1. The van der Waals surface area contributed by atoms with Gasteiger partial charge >= 0.3 is 0 Å². The molecule has 0 bridgehead atoms. The molecule has 0 spiro atoms. The number of benzene rings is 1. The van der Waals surface area contributed by atoms with Crippen molar-refractivity contribution in [2.24, 2.45) is 7.05 Å². The number of rotatable bonds is 4. The first kappa shape index (κ1) is 15.0. The molecular weight excluding hydrogens is 324 g/mol. The Morgan fingerprint density at radius 3 is 2.83 bits per heavy atom. The predicted octanol–water partition coefficient (Wildman–Crippen LogP) is 3.24. The summed E-state index contributed by atoms with van der Waals surface area (Å²) in [7, 11) is 1.92. The predicted molar refractivity (Wildman–Crippen MR) is 93.8 cm³/mol. The summed E-state index contributed by atoms with van der Waals surface area (Å²) in [5.41, 5.74) is 3.08. The molecule has 0 saturated heterocycles. The highest BCUT2D eigenvalue weighted by Gasteiger charge is 2.14. The van der Waals surface area contributed by atoms with Crippen molar-refractivity contribution in [1.82, 2.24) is 14.8 Å². The van der Waals surface area contributed by atoms with Crippen LogP contribution in [0, 0.1) is 6.92 Å². The molecule has 0 aliphatic carbocycles. The summed E-state index contributed by atoms with van der Waals surface area (Å²) < 4.78 is 13.0. The average molecular weight is 342 g/mol. The molecule has 1 N–H and O–H groups in total. The molecule has 7 heteroatoms. The normalized spacial score (nSPS) is 13.1. The number of aryl methyl sites for hydroxylation is 2. The van der Waals surface area contributed by atoms with Crippen molar-refractivity contribution in [3.05, 3.63) is 41.7 Å². The second kappa shape index (κ2) is 6.16. The van der Waals surface area contributed by atoms with Crippen LogP contribution in [0.1, 0.15) is 11.3 Å². The van der Waals surface area contributed by atoms with Crippen molar-refractivity contribution in [3.8, 4) is 22.1 Å². The van der Waals surface area contributed by atoms with E-state index in [-0.39, 0.29) is 0 Å². The van der Waals surface area contributed by atoms with Gasteiger partial charge in [0.05, 0.1) is 10.6 Å². The Morgan fingerprint density at radius 2 is 2.04 bits per heavy atom. The summed E-state index contributed by atoms with van der Waals surface area (Å²) in [6.07, 6.45) is 1.94. The highest BCUT2D eigenvalue weighted by Crippen LogP contribution is 2.33. The molecule has 6 nitrogen and oxygen atoms in total. The lowest BCUT2D eigenvalue weighted by Gasteiger charge is -2.18. The molecular formula is C17H18N4O2S. The van der Waals surface area contributed by atoms with E-state index in [0.717, 1.165) is 38.5 Å². The maximum Gasteiger partial charge on any atom is 0.183 e. The lowest BCUT2D eigenvalue weighted by Crippen LogP contribution is -2.15. The third-order valence-electron chi connectivity index (χ3n) is 3.79. The summed E-state index contributed by atoms with van der Waals surface area (Å²) in [5, 5.41) is 8.72. The van der Waals surface area contributed by atoms with Crippen LogP contribution in [0.25, 0.3) is 10.6 Å². The first-order chi connectivity index (χ1) is 11.7. The largest absolute Gasteiger partial charge is 0.486 e. The number of ether oxygens (including phenoxy) is 2. The van der Waals surface area contributed by atoms with Gasteiger partial charge in [0.1, 0.15) is 18.9 Å². The van der Waals surface area contributed by atoms with Crippen LogP contribution in [0.3, 0.4) is 0 Å². The van der Waals surface area contributed by atoms with Crippen LogP contribution in [0.2, 0.25) is 0 Å². The minimum Gasteiger partial charge on any atom is -0.486 e. The van der Waals surface area contributed by atoms with Crippen LogP contribution < -0.4 is 14.8 Å². The van der Waals surface area contributed by atoms with Gasteiger partial charge in [0.15, 0.2) is 16.6 Å². The van der Waals surface area contributed by atoms with E-state index in [1.807, 2.05) is 44.4 Å². The highest BCUT2D eigenvalue weighted by atomic mass is 32.1. The van der Waals surface area contributed by atoms with Crippen molar-refractivity contribution >= 4 is 16.5 Å². The molecule has 1 aliphatic heterocycles. The van der Waals surface area contributed by atoms with Crippen molar-refractivity contribution in [1.29, 1.82) is 0 Å². The maximum absolute atomic E-state index is 5.62. The van der Waals surface area contributed by atoms with E-state index in [0.29, 0.717) is 19.8 Å². The Kier molecular flexibility index (Phi) is 3.86. The number of thiazole rings is 1. The third-order valence-corrected chi connectivity index (χ3v) is 4.93. The molecule has 1 aliphatic rings. The van der Waals surface area contributed by atoms with E-state index in [2.05, 4.69) is 15.4 Å². The molecule has 2 aromatic heterocycles. The van der Waals surface area contributed by atoms with E-state index in [9.17, 15) is 0 Å². The van der Waals surface area contributed by atoms with Gasteiger partial charge in [0.2, 0.25) is 0 Å². The van der Waals surface area contributed by atoms with Gasteiger partial charge in [-0.15, -0.1) is 0 Å². The molecule has 1 aromatic carbocycles. The van der Waals surface area contributed by atoms with Crippen molar-refractivity contribution in [2.45, 2.75) is 13.5 Å². The van der Waals surface area contributed by atoms with E-state index >= 15 is 0 Å². The summed E-state index contributed by atoms with van der Waals surface area (Å²) in [6, 6.07) is 8.02. The van der Waals surface area contributed by atoms with E-state index in [4.69, 9.17) is 9.47 Å². The van der Waals surface area contributed by atoms with Gasteiger partial charge in [-0.3, -0.25) is 4.68 Å². The monoisotopic (exact) mass is 342 g/mol.